The van der Waals surface area contributed by atoms with Gasteiger partial charge in [-0.15, -0.1) is 0 Å². The first kappa shape index (κ1) is 14.9. The van der Waals surface area contributed by atoms with E-state index in [4.69, 9.17) is 4.74 Å². The molecule has 2 fully saturated rings. The monoisotopic (exact) mass is 287 g/mol. The number of fused-ring (bicyclic) bond motifs is 2. The zero-order valence-electron chi connectivity index (χ0n) is 13.7. The van der Waals surface area contributed by atoms with Gasteiger partial charge in [0, 0.05) is 11.6 Å². The van der Waals surface area contributed by atoms with Gasteiger partial charge < -0.3 is 10.1 Å². The van der Waals surface area contributed by atoms with Crippen LogP contribution in [-0.2, 0) is 0 Å². The quantitative estimate of drug-likeness (QED) is 0.833. The number of nitrogens with one attached hydrogen (secondary N) is 1. The Labute approximate surface area is 129 Å². The van der Waals surface area contributed by atoms with Gasteiger partial charge in [-0.3, -0.25) is 0 Å². The van der Waals surface area contributed by atoms with E-state index in [1.165, 1.54) is 43.2 Å². The Kier molecular flexibility index (Phi) is 4.54. The number of methoxy groups -OCH3 is 1. The van der Waals surface area contributed by atoms with Crippen LogP contribution in [0.25, 0.3) is 0 Å². The maximum atomic E-state index is 5.66. The lowest BCUT2D eigenvalue weighted by Crippen LogP contribution is -2.32. The Bertz CT molecular complexity index is 484. The fourth-order valence-electron chi connectivity index (χ4n) is 4.59. The highest BCUT2D eigenvalue weighted by Crippen LogP contribution is 2.53. The van der Waals surface area contributed by atoms with Crippen LogP contribution >= 0.6 is 0 Å². The largest absolute Gasteiger partial charge is 0.496 e. The van der Waals surface area contributed by atoms with E-state index >= 15 is 0 Å². The van der Waals surface area contributed by atoms with Gasteiger partial charge in [0.15, 0.2) is 0 Å². The number of benzene rings is 1. The molecule has 2 heteroatoms. The van der Waals surface area contributed by atoms with Crippen LogP contribution in [0.1, 0.15) is 56.2 Å². The maximum Gasteiger partial charge on any atom is 0.123 e. The Morgan fingerprint density at radius 3 is 2.76 bits per heavy atom. The van der Waals surface area contributed by atoms with E-state index in [-0.39, 0.29) is 0 Å². The predicted octanol–water partition coefficient (Wildman–Crippen LogP) is 4.48. The molecule has 0 spiro atoms. The van der Waals surface area contributed by atoms with Gasteiger partial charge in [0.1, 0.15) is 5.75 Å². The number of hydrogen-bond donors (Lipinski definition) is 1. The standard InChI is InChI=1S/C19H29NO/c1-4-9-20-19(16-12-14-6-7-15(16)11-14)17-10-13(2)5-8-18(17)21-3/h5,8,10,14-16,19-20H,4,6-7,9,11-12H2,1-3H3. The number of ether oxygens (including phenoxy) is 1. The van der Waals surface area contributed by atoms with Crippen molar-refractivity contribution in [3.05, 3.63) is 29.3 Å². The number of hydrogen-bond acceptors (Lipinski definition) is 2. The first-order valence-corrected chi connectivity index (χ1v) is 8.60. The van der Waals surface area contributed by atoms with Crippen molar-refractivity contribution in [2.24, 2.45) is 17.8 Å². The summed E-state index contributed by atoms with van der Waals surface area (Å²) in [6.07, 6.45) is 6.96. The van der Waals surface area contributed by atoms with Gasteiger partial charge in [0.2, 0.25) is 0 Å². The number of rotatable bonds is 6. The van der Waals surface area contributed by atoms with E-state index in [0.29, 0.717) is 6.04 Å². The van der Waals surface area contributed by atoms with Crippen LogP contribution in [0.4, 0.5) is 0 Å². The molecule has 0 aliphatic heterocycles. The second-order valence-corrected chi connectivity index (χ2v) is 7.02. The van der Waals surface area contributed by atoms with Crippen molar-refractivity contribution >= 4 is 0 Å². The molecule has 3 rings (SSSR count). The molecule has 2 nitrogen and oxygen atoms in total. The van der Waals surface area contributed by atoms with Crippen LogP contribution in [0.3, 0.4) is 0 Å². The minimum absolute atomic E-state index is 0.468. The summed E-state index contributed by atoms with van der Waals surface area (Å²) in [6, 6.07) is 7.09. The molecule has 2 aliphatic carbocycles. The minimum Gasteiger partial charge on any atom is -0.496 e. The Hall–Kier alpha value is -1.02. The molecule has 4 atom stereocenters. The van der Waals surface area contributed by atoms with E-state index < -0.39 is 0 Å². The summed E-state index contributed by atoms with van der Waals surface area (Å²) in [4.78, 5) is 0. The fourth-order valence-corrected chi connectivity index (χ4v) is 4.59. The molecular formula is C19H29NO. The average molecular weight is 287 g/mol. The molecule has 1 aromatic carbocycles. The van der Waals surface area contributed by atoms with E-state index in [1.807, 2.05) is 0 Å². The molecule has 0 radical (unpaired) electrons. The molecule has 0 heterocycles. The zero-order valence-corrected chi connectivity index (χ0v) is 13.7. The summed E-state index contributed by atoms with van der Waals surface area (Å²) < 4.78 is 5.66. The summed E-state index contributed by atoms with van der Waals surface area (Å²) in [5, 5.41) is 3.83. The van der Waals surface area contributed by atoms with Crippen molar-refractivity contribution in [1.82, 2.24) is 5.32 Å². The molecule has 1 aromatic rings. The molecule has 2 saturated carbocycles. The molecular weight excluding hydrogens is 258 g/mol. The van der Waals surface area contributed by atoms with E-state index in [2.05, 4.69) is 37.4 Å². The third-order valence-electron chi connectivity index (χ3n) is 5.56. The van der Waals surface area contributed by atoms with Crippen molar-refractivity contribution < 1.29 is 4.74 Å². The molecule has 4 unspecified atom stereocenters. The second kappa shape index (κ2) is 6.39. The molecule has 0 saturated heterocycles. The van der Waals surface area contributed by atoms with E-state index in [9.17, 15) is 0 Å². The van der Waals surface area contributed by atoms with Gasteiger partial charge >= 0.3 is 0 Å². The third-order valence-corrected chi connectivity index (χ3v) is 5.56. The van der Waals surface area contributed by atoms with Crippen molar-refractivity contribution in [2.75, 3.05) is 13.7 Å². The molecule has 2 aliphatic rings. The molecule has 116 valence electrons. The van der Waals surface area contributed by atoms with Crippen LogP contribution in [0, 0.1) is 24.7 Å². The molecule has 2 bridgehead atoms. The van der Waals surface area contributed by atoms with E-state index in [0.717, 1.165) is 30.0 Å². The summed E-state index contributed by atoms with van der Waals surface area (Å²) in [5.41, 5.74) is 2.71. The Balaban J connectivity index is 1.90. The van der Waals surface area contributed by atoms with Crippen LogP contribution in [0.2, 0.25) is 0 Å². The first-order chi connectivity index (χ1) is 10.2. The van der Waals surface area contributed by atoms with Gasteiger partial charge in [0.05, 0.1) is 7.11 Å². The summed E-state index contributed by atoms with van der Waals surface area (Å²) in [7, 11) is 1.80. The van der Waals surface area contributed by atoms with E-state index in [1.54, 1.807) is 7.11 Å². The SMILES string of the molecule is CCCNC(c1cc(C)ccc1OC)C1CC2CCC1C2. The molecule has 0 aromatic heterocycles. The smallest absolute Gasteiger partial charge is 0.123 e. The minimum atomic E-state index is 0.468. The Morgan fingerprint density at radius 1 is 1.29 bits per heavy atom. The highest BCUT2D eigenvalue weighted by Gasteiger charge is 2.43. The lowest BCUT2D eigenvalue weighted by molar-refractivity contribution is 0.246. The second-order valence-electron chi connectivity index (χ2n) is 7.02. The topological polar surface area (TPSA) is 21.3 Å². The lowest BCUT2D eigenvalue weighted by Gasteiger charge is -2.32. The van der Waals surface area contributed by atoms with Gasteiger partial charge in [-0.2, -0.15) is 0 Å². The summed E-state index contributed by atoms with van der Waals surface area (Å²) >= 11 is 0. The zero-order chi connectivity index (χ0) is 14.8. The normalized spacial score (nSPS) is 28.8. The molecule has 21 heavy (non-hydrogen) atoms. The van der Waals surface area contributed by atoms with Crippen molar-refractivity contribution in [3.63, 3.8) is 0 Å². The average Bonchev–Trinajstić information content (AvgIpc) is 3.11. The number of aryl methyl sites for hydroxylation is 1. The van der Waals surface area contributed by atoms with Crippen molar-refractivity contribution in [2.45, 2.75) is 52.0 Å². The highest BCUT2D eigenvalue weighted by molar-refractivity contribution is 5.40. The fraction of sp³-hybridized carbons (Fsp3) is 0.684. The Morgan fingerprint density at radius 2 is 2.14 bits per heavy atom. The summed E-state index contributed by atoms with van der Waals surface area (Å²) in [6.45, 7) is 5.52. The highest BCUT2D eigenvalue weighted by atomic mass is 16.5. The van der Waals surface area contributed by atoms with Crippen LogP contribution in [0.5, 0.6) is 5.75 Å². The molecule has 0 amide bonds. The third kappa shape index (κ3) is 2.96. The van der Waals surface area contributed by atoms with Crippen molar-refractivity contribution in [3.8, 4) is 5.75 Å². The van der Waals surface area contributed by atoms with Gasteiger partial charge in [0.25, 0.3) is 0 Å². The summed E-state index contributed by atoms with van der Waals surface area (Å²) in [5.74, 6) is 3.76. The first-order valence-electron chi connectivity index (χ1n) is 8.60. The van der Waals surface area contributed by atoms with Crippen molar-refractivity contribution in [1.29, 1.82) is 0 Å². The van der Waals surface area contributed by atoms with Gasteiger partial charge in [-0.1, -0.05) is 31.0 Å². The lowest BCUT2D eigenvalue weighted by atomic mass is 9.80. The predicted molar refractivity (Wildman–Crippen MR) is 87.7 cm³/mol. The maximum absolute atomic E-state index is 5.66. The van der Waals surface area contributed by atoms with Gasteiger partial charge in [-0.25, -0.2) is 0 Å². The molecule has 1 N–H and O–H groups in total. The van der Waals surface area contributed by atoms with Crippen LogP contribution in [-0.4, -0.2) is 13.7 Å². The van der Waals surface area contributed by atoms with Crippen LogP contribution < -0.4 is 10.1 Å². The van der Waals surface area contributed by atoms with Gasteiger partial charge in [-0.05, 0) is 63.0 Å². The van der Waals surface area contributed by atoms with Crippen LogP contribution in [0.15, 0.2) is 18.2 Å².